The lowest BCUT2D eigenvalue weighted by atomic mass is 10.1. The van der Waals surface area contributed by atoms with Crippen LogP contribution in [0.1, 0.15) is 48.7 Å². The van der Waals surface area contributed by atoms with Crippen LogP contribution in [-0.2, 0) is 11.2 Å². The second-order valence-electron chi connectivity index (χ2n) is 7.05. The molecule has 0 radical (unpaired) electrons. The Morgan fingerprint density at radius 1 is 1.14 bits per heavy atom. The molecule has 0 heterocycles. The van der Waals surface area contributed by atoms with E-state index in [0.29, 0.717) is 17.3 Å². The highest BCUT2D eigenvalue weighted by molar-refractivity contribution is 7.80. The number of nitrogens with one attached hydrogen (secondary N) is 2. The Kier molecular flexibility index (Phi) is 8.93. The minimum absolute atomic E-state index is 0.181. The highest BCUT2D eigenvalue weighted by atomic mass is 32.1. The largest absolute Gasteiger partial charge is 0.491 e. The molecule has 0 aliphatic heterocycles. The van der Waals surface area contributed by atoms with E-state index in [4.69, 9.17) is 21.7 Å². The average Bonchev–Trinajstić information content (AvgIpc) is 2.68. The predicted molar refractivity (Wildman–Crippen MR) is 122 cm³/mol. The molecule has 6 heteroatoms. The van der Waals surface area contributed by atoms with Gasteiger partial charge in [-0.15, -0.1) is 0 Å². The molecule has 29 heavy (non-hydrogen) atoms. The summed E-state index contributed by atoms with van der Waals surface area (Å²) in [6, 6.07) is 13.6. The molecular formula is C23H30N2O3S. The number of thiocarbonyl (C=S) groups is 1. The molecule has 156 valence electrons. The molecule has 2 rings (SSSR count). The third-order valence-corrected chi connectivity index (χ3v) is 4.47. The molecule has 0 spiro atoms. The van der Waals surface area contributed by atoms with Gasteiger partial charge in [0.2, 0.25) is 0 Å². The maximum Gasteiger partial charge on any atom is 0.338 e. The lowest BCUT2D eigenvalue weighted by Crippen LogP contribution is -2.29. The zero-order chi connectivity index (χ0) is 21.2. The topological polar surface area (TPSA) is 59.6 Å². The first kappa shape index (κ1) is 22.7. The Morgan fingerprint density at radius 2 is 1.86 bits per heavy atom. The van der Waals surface area contributed by atoms with Crippen LogP contribution in [0.15, 0.2) is 42.5 Å². The summed E-state index contributed by atoms with van der Waals surface area (Å²) in [5.74, 6) is 0.562. The summed E-state index contributed by atoms with van der Waals surface area (Å²) >= 11 is 5.39. The Morgan fingerprint density at radius 3 is 2.52 bits per heavy atom. The first-order valence-electron chi connectivity index (χ1n) is 9.97. The number of benzene rings is 2. The Labute approximate surface area is 178 Å². The van der Waals surface area contributed by atoms with E-state index in [1.165, 1.54) is 5.56 Å². The van der Waals surface area contributed by atoms with Crippen LogP contribution in [-0.4, -0.2) is 30.3 Å². The lowest BCUT2D eigenvalue weighted by Gasteiger charge is -2.14. The normalized spacial score (nSPS) is 10.5. The number of anilines is 1. The van der Waals surface area contributed by atoms with Crippen LogP contribution in [0.4, 0.5) is 5.69 Å². The number of hydrogen-bond donors (Lipinski definition) is 2. The van der Waals surface area contributed by atoms with Crippen molar-refractivity contribution in [1.82, 2.24) is 5.32 Å². The number of esters is 1. The third-order valence-electron chi connectivity index (χ3n) is 4.22. The van der Waals surface area contributed by atoms with Gasteiger partial charge in [0, 0.05) is 12.2 Å². The first-order valence-corrected chi connectivity index (χ1v) is 10.4. The molecule has 0 aliphatic carbocycles. The zero-order valence-electron chi connectivity index (χ0n) is 17.6. The van der Waals surface area contributed by atoms with Gasteiger partial charge in [-0.25, -0.2) is 4.79 Å². The second kappa shape index (κ2) is 11.4. The molecule has 0 atom stereocenters. The Hall–Kier alpha value is -2.60. The Bertz CT molecular complexity index is 819. The summed E-state index contributed by atoms with van der Waals surface area (Å²) in [5, 5.41) is 6.92. The van der Waals surface area contributed by atoms with E-state index in [0.717, 1.165) is 36.4 Å². The molecule has 0 bridgehead atoms. The van der Waals surface area contributed by atoms with Gasteiger partial charge in [-0.1, -0.05) is 18.2 Å². The summed E-state index contributed by atoms with van der Waals surface area (Å²) < 4.78 is 10.7. The van der Waals surface area contributed by atoms with Gasteiger partial charge in [-0.3, -0.25) is 0 Å². The molecule has 0 aliphatic rings. The predicted octanol–water partition coefficient (Wildman–Crippen LogP) is 4.88. The third kappa shape index (κ3) is 7.74. The highest BCUT2D eigenvalue weighted by Gasteiger charge is 2.09. The molecule has 0 saturated carbocycles. The minimum atomic E-state index is -0.334. The molecule has 5 nitrogen and oxygen atoms in total. The lowest BCUT2D eigenvalue weighted by molar-refractivity contribution is 0.0526. The SMILES string of the molecule is CCOC(=O)c1ccc(C)c(NC(=S)NCCCc2ccc(OC(C)C)cc2)c1. The van der Waals surface area contributed by atoms with Gasteiger partial charge >= 0.3 is 5.97 Å². The number of hydrogen-bond acceptors (Lipinski definition) is 4. The maximum absolute atomic E-state index is 11.9. The van der Waals surface area contributed by atoms with Gasteiger partial charge in [0.05, 0.1) is 18.3 Å². The van der Waals surface area contributed by atoms with Crippen molar-refractivity contribution in [2.45, 2.75) is 46.6 Å². The molecule has 2 aromatic rings. The second-order valence-corrected chi connectivity index (χ2v) is 7.45. The zero-order valence-corrected chi connectivity index (χ0v) is 18.4. The van der Waals surface area contributed by atoms with Crippen LogP contribution in [0.3, 0.4) is 0 Å². The van der Waals surface area contributed by atoms with Crippen molar-refractivity contribution in [1.29, 1.82) is 0 Å². The van der Waals surface area contributed by atoms with Crippen molar-refractivity contribution in [3.63, 3.8) is 0 Å². The van der Waals surface area contributed by atoms with Gasteiger partial charge in [0.25, 0.3) is 0 Å². The molecule has 2 N–H and O–H groups in total. The summed E-state index contributed by atoms with van der Waals surface area (Å²) in [4.78, 5) is 11.9. The summed E-state index contributed by atoms with van der Waals surface area (Å²) in [7, 11) is 0. The van der Waals surface area contributed by atoms with Crippen LogP contribution in [0, 0.1) is 6.92 Å². The van der Waals surface area contributed by atoms with E-state index < -0.39 is 0 Å². The van der Waals surface area contributed by atoms with Crippen LogP contribution in [0.5, 0.6) is 5.75 Å². The van der Waals surface area contributed by atoms with E-state index in [-0.39, 0.29) is 12.1 Å². The fraction of sp³-hybridized carbons (Fsp3) is 0.391. The van der Waals surface area contributed by atoms with Crippen molar-refractivity contribution < 1.29 is 14.3 Å². The summed E-state index contributed by atoms with van der Waals surface area (Å²) in [6.07, 6.45) is 2.09. The molecule has 0 fully saturated rings. The van der Waals surface area contributed by atoms with Crippen molar-refractivity contribution in [2.24, 2.45) is 0 Å². The maximum atomic E-state index is 11.9. The van der Waals surface area contributed by atoms with Crippen LogP contribution in [0.2, 0.25) is 0 Å². The number of ether oxygens (including phenoxy) is 2. The fourth-order valence-electron chi connectivity index (χ4n) is 2.77. The van der Waals surface area contributed by atoms with Crippen molar-refractivity contribution >= 4 is 29.0 Å². The molecule has 0 saturated heterocycles. The van der Waals surface area contributed by atoms with Gasteiger partial charge in [0.15, 0.2) is 5.11 Å². The number of rotatable bonds is 9. The Balaban J connectivity index is 1.78. The van der Waals surface area contributed by atoms with E-state index in [1.807, 2.05) is 39.0 Å². The van der Waals surface area contributed by atoms with Crippen LogP contribution in [0.25, 0.3) is 0 Å². The van der Waals surface area contributed by atoms with Gasteiger partial charge in [-0.2, -0.15) is 0 Å². The standard InChI is InChI=1S/C23H30N2O3S/c1-5-27-22(26)19-11-8-17(4)21(15-19)25-23(29)24-14-6-7-18-9-12-20(13-10-18)28-16(2)3/h8-13,15-16H,5-7,14H2,1-4H3,(H2,24,25,29). The molecule has 0 amide bonds. The van der Waals surface area contributed by atoms with E-state index >= 15 is 0 Å². The van der Waals surface area contributed by atoms with Crippen LogP contribution >= 0.6 is 12.2 Å². The quantitative estimate of drug-likeness (QED) is 0.347. The smallest absolute Gasteiger partial charge is 0.338 e. The van der Waals surface area contributed by atoms with Crippen molar-refractivity contribution in [2.75, 3.05) is 18.5 Å². The highest BCUT2D eigenvalue weighted by Crippen LogP contribution is 2.18. The van der Waals surface area contributed by atoms with E-state index in [2.05, 4.69) is 22.8 Å². The molecule has 0 aromatic heterocycles. The first-order chi connectivity index (χ1) is 13.9. The molecular weight excluding hydrogens is 384 g/mol. The number of carbonyl (C=O) groups is 1. The molecule has 2 aromatic carbocycles. The van der Waals surface area contributed by atoms with Crippen molar-refractivity contribution in [3.8, 4) is 5.75 Å². The van der Waals surface area contributed by atoms with Gasteiger partial charge in [-0.05, 0) is 88.1 Å². The van der Waals surface area contributed by atoms with Gasteiger partial charge < -0.3 is 20.1 Å². The van der Waals surface area contributed by atoms with E-state index in [1.54, 1.807) is 19.1 Å². The summed E-state index contributed by atoms with van der Waals surface area (Å²) in [5.41, 5.74) is 3.58. The number of carbonyl (C=O) groups excluding carboxylic acids is 1. The average molecular weight is 415 g/mol. The minimum Gasteiger partial charge on any atom is -0.491 e. The van der Waals surface area contributed by atoms with Crippen molar-refractivity contribution in [3.05, 3.63) is 59.2 Å². The molecule has 0 unspecified atom stereocenters. The summed E-state index contributed by atoms with van der Waals surface area (Å²) in [6.45, 7) is 8.90. The van der Waals surface area contributed by atoms with Gasteiger partial charge in [0.1, 0.15) is 5.75 Å². The van der Waals surface area contributed by atoms with Crippen LogP contribution < -0.4 is 15.4 Å². The fourth-order valence-corrected chi connectivity index (χ4v) is 2.98. The monoisotopic (exact) mass is 414 g/mol. The van der Waals surface area contributed by atoms with E-state index in [9.17, 15) is 4.79 Å². The number of aryl methyl sites for hydroxylation is 2.